The molecule has 2 aromatic rings. The molecule has 1 N–H and O–H groups in total. The van der Waals surface area contributed by atoms with Crippen molar-refractivity contribution in [2.75, 3.05) is 24.8 Å². The van der Waals surface area contributed by atoms with Crippen LogP contribution in [0.4, 0.5) is 5.69 Å². The van der Waals surface area contributed by atoms with Gasteiger partial charge >= 0.3 is 0 Å². The largest absolute Gasteiger partial charge is 0.496 e. The number of carbonyl (C=O) groups excluding carboxylic acids is 1. The van der Waals surface area contributed by atoms with E-state index in [1.54, 1.807) is 6.26 Å². The highest BCUT2D eigenvalue weighted by Gasteiger charge is 2.49. The number of benzene rings is 2. The van der Waals surface area contributed by atoms with Crippen molar-refractivity contribution in [1.29, 1.82) is 0 Å². The van der Waals surface area contributed by atoms with E-state index in [1.165, 1.54) is 0 Å². The molecule has 156 valence electrons. The number of aliphatic hydroxyl groups excluding tert-OH is 1. The van der Waals surface area contributed by atoms with Crippen LogP contribution in [0.25, 0.3) is 5.57 Å². The van der Waals surface area contributed by atoms with Crippen molar-refractivity contribution in [3.8, 4) is 0 Å². The van der Waals surface area contributed by atoms with Crippen LogP contribution in [0.15, 0.2) is 60.9 Å². The van der Waals surface area contributed by atoms with Crippen LogP contribution >= 0.6 is 0 Å². The minimum absolute atomic E-state index is 0.109. The van der Waals surface area contributed by atoms with Gasteiger partial charge in [0.25, 0.3) is 0 Å². The van der Waals surface area contributed by atoms with Crippen molar-refractivity contribution in [2.24, 2.45) is 11.8 Å². The minimum Gasteiger partial charge on any atom is -0.496 e. The van der Waals surface area contributed by atoms with Crippen LogP contribution in [0.1, 0.15) is 24.0 Å². The van der Waals surface area contributed by atoms with Gasteiger partial charge in [0.2, 0.25) is 0 Å². The van der Waals surface area contributed by atoms with E-state index >= 15 is 0 Å². The van der Waals surface area contributed by atoms with Crippen LogP contribution in [0, 0.1) is 11.8 Å². The van der Waals surface area contributed by atoms with Crippen molar-refractivity contribution >= 4 is 17.0 Å². The van der Waals surface area contributed by atoms with Crippen molar-refractivity contribution in [2.45, 2.75) is 31.5 Å². The number of ether oxygens (including phenoxy) is 2. The van der Waals surface area contributed by atoms with Crippen LogP contribution in [0.2, 0.25) is 0 Å². The Morgan fingerprint density at radius 3 is 2.60 bits per heavy atom. The highest BCUT2D eigenvalue weighted by Crippen LogP contribution is 2.42. The van der Waals surface area contributed by atoms with Gasteiger partial charge in [-0.15, -0.1) is 0 Å². The van der Waals surface area contributed by atoms with E-state index < -0.39 is 0 Å². The Bertz CT molecular complexity index is 924. The first kappa shape index (κ1) is 19.3. The van der Waals surface area contributed by atoms with Gasteiger partial charge in [0.05, 0.1) is 23.9 Å². The minimum atomic E-state index is -0.139. The molecule has 0 spiro atoms. The molecule has 0 bridgehead atoms. The number of Topliss-reactive ketones (excluding diaryl/α,β-unsaturated/α-hetero) is 1. The van der Waals surface area contributed by atoms with E-state index in [1.807, 2.05) is 30.3 Å². The number of rotatable bonds is 4. The number of hydrogen-bond donors (Lipinski definition) is 1. The standard InChI is InChI=1S/C25H27NO4/c27-13-12-17-6-8-19(9-7-17)26-14-21-23(30-16-26)11-10-20-24(28)22(15-29-25(20)21)18-4-2-1-3-5-18/h1-9,15,20-21,23,25,27H,10-14,16H2. The Balaban J connectivity index is 1.35. The molecule has 2 aromatic carbocycles. The first-order chi connectivity index (χ1) is 14.7. The number of aliphatic hydroxyl groups is 1. The predicted octanol–water partition coefficient (Wildman–Crippen LogP) is 3.42. The molecular formula is C25H27NO4. The second-order valence-electron chi connectivity index (χ2n) is 8.41. The molecule has 5 heteroatoms. The topological polar surface area (TPSA) is 59.0 Å². The number of allylic oxidation sites excluding steroid dienone is 1. The van der Waals surface area contributed by atoms with E-state index in [-0.39, 0.29) is 36.4 Å². The fourth-order valence-electron chi connectivity index (χ4n) is 5.04. The molecule has 5 rings (SSSR count). The van der Waals surface area contributed by atoms with E-state index in [2.05, 4.69) is 29.2 Å². The summed E-state index contributed by atoms with van der Waals surface area (Å²) in [5, 5.41) is 9.11. The Morgan fingerprint density at radius 1 is 1.03 bits per heavy atom. The monoisotopic (exact) mass is 405 g/mol. The van der Waals surface area contributed by atoms with Crippen molar-refractivity contribution in [3.05, 3.63) is 72.0 Å². The molecule has 1 saturated heterocycles. The van der Waals surface area contributed by atoms with Crippen LogP contribution in [-0.4, -0.2) is 43.0 Å². The number of fused-ring (bicyclic) bond motifs is 3. The smallest absolute Gasteiger partial charge is 0.173 e. The molecule has 2 fully saturated rings. The zero-order valence-electron chi connectivity index (χ0n) is 16.9. The summed E-state index contributed by atoms with van der Waals surface area (Å²) in [7, 11) is 0. The molecule has 4 atom stereocenters. The first-order valence-electron chi connectivity index (χ1n) is 10.8. The summed E-state index contributed by atoms with van der Waals surface area (Å²) < 4.78 is 12.4. The Hall–Kier alpha value is -2.63. The summed E-state index contributed by atoms with van der Waals surface area (Å²) in [6.07, 6.45) is 4.04. The van der Waals surface area contributed by atoms with Gasteiger partial charge in [-0.2, -0.15) is 0 Å². The maximum absolute atomic E-state index is 13.3. The highest BCUT2D eigenvalue weighted by atomic mass is 16.5. The lowest BCUT2D eigenvalue weighted by atomic mass is 9.71. The molecule has 3 aliphatic rings. The van der Waals surface area contributed by atoms with Gasteiger partial charge < -0.3 is 19.5 Å². The van der Waals surface area contributed by atoms with Gasteiger partial charge in [-0.3, -0.25) is 4.79 Å². The third kappa shape index (κ3) is 3.53. The summed E-state index contributed by atoms with van der Waals surface area (Å²) in [6.45, 7) is 1.52. The number of hydrogen-bond acceptors (Lipinski definition) is 5. The first-order valence-corrected chi connectivity index (χ1v) is 10.8. The number of anilines is 1. The number of nitrogens with zero attached hydrogens (tertiary/aromatic N) is 1. The molecule has 2 aliphatic heterocycles. The Labute approximate surface area is 176 Å². The molecule has 2 heterocycles. The fraction of sp³-hybridized carbons (Fsp3) is 0.400. The SMILES string of the molecule is O=C1C(c2ccccc2)=COC2C1CCC1OCN(c3ccc(CCO)cc3)CC12. The zero-order valence-corrected chi connectivity index (χ0v) is 16.9. The molecule has 0 amide bonds. The molecule has 4 unspecified atom stereocenters. The third-order valence-electron chi connectivity index (χ3n) is 6.67. The number of carbonyl (C=O) groups is 1. The summed E-state index contributed by atoms with van der Waals surface area (Å²) in [5.74, 6) is 0.246. The average molecular weight is 405 g/mol. The van der Waals surface area contributed by atoms with E-state index in [0.29, 0.717) is 18.7 Å². The Morgan fingerprint density at radius 2 is 1.83 bits per heavy atom. The second kappa shape index (κ2) is 8.25. The Kier molecular flexibility index (Phi) is 5.32. The molecule has 0 radical (unpaired) electrons. The van der Waals surface area contributed by atoms with Crippen molar-refractivity contribution in [1.82, 2.24) is 0 Å². The molecule has 30 heavy (non-hydrogen) atoms. The lowest BCUT2D eigenvalue weighted by molar-refractivity contribution is -0.140. The van der Waals surface area contributed by atoms with Gasteiger partial charge in [-0.05, 0) is 42.5 Å². The maximum atomic E-state index is 13.3. The second-order valence-corrected chi connectivity index (χ2v) is 8.41. The fourth-order valence-corrected chi connectivity index (χ4v) is 5.04. The lowest BCUT2D eigenvalue weighted by Gasteiger charge is -2.48. The van der Waals surface area contributed by atoms with Crippen LogP contribution in [-0.2, 0) is 20.7 Å². The van der Waals surface area contributed by atoms with Crippen LogP contribution in [0.5, 0.6) is 0 Å². The van der Waals surface area contributed by atoms with Crippen molar-refractivity contribution in [3.63, 3.8) is 0 Å². The third-order valence-corrected chi connectivity index (χ3v) is 6.67. The molecular weight excluding hydrogens is 378 g/mol. The van der Waals surface area contributed by atoms with Crippen LogP contribution in [0.3, 0.4) is 0 Å². The maximum Gasteiger partial charge on any atom is 0.173 e. The van der Waals surface area contributed by atoms with E-state index in [9.17, 15) is 4.79 Å². The highest BCUT2D eigenvalue weighted by molar-refractivity contribution is 6.22. The van der Waals surface area contributed by atoms with Gasteiger partial charge in [0.1, 0.15) is 12.8 Å². The van der Waals surface area contributed by atoms with Gasteiger partial charge in [0, 0.05) is 24.8 Å². The zero-order chi connectivity index (χ0) is 20.5. The summed E-state index contributed by atoms with van der Waals surface area (Å²) in [4.78, 5) is 15.5. The summed E-state index contributed by atoms with van der Waals surface area (Å²) >= 11 is 0. The van der Waals surface area contributed by atoms with Gasteiger partial charge in [-0.1, -0.05) is 42.5 Å². The van der Waals surface area contributed by atoms with Crippen molar-refractivity contribution < 1.29 is 19.4 Å². The molecule has 0 aromatic heterocycles. The lowest BCUT2D eigenvalue weighted by Crippen LogP contribution is -2.56. The molecule has 1 saturated carbocycles. The van der Waals surface area contributed by atoms with E-state index in [0.717, 1.165) is 36.2 Å². The van der Waals surface area contributed by atoms with Crippen LogP contribution < -0.4 is 4.90 Å². The van der Waals surface area contributed by atoms with Gasteiger partial charge in [0.15, 0.2) is 5.78 Å². The quantitative estimate of drug-likeness (QED) is 0.845. The molecule has 5 nitrogen and oxygen atoms in total. The average Bonchev–Trinajstić information content (AvgIpc) is 2.80. The normalized spacial score (nSPS) is 28.2. The van der Waals surface area contributed by atoms with E-state index in [4.69, 9.17) is 14.6 Å². The number of ketones is 1. The summed E-state index contributed by atoms with van der Waals surface area (Å²) in [6, 6.07) is 18.0. The predicted molar refractivity (Wildman–Crippen MR) is 115 cm³/mol. The van der Waals surface area contributed by atoms with Gasteiger partial charge in [-0.25, -0.2) is 0 Å². The summed E-state index contributed by atoms with van der Waals surface area (Å²) in [5.41, 5.74) is 3.82. The molecule has 1 aliphatic carbocycles.